The summed E-state index contributed by atoms with van der Waals surface area (Å²) in [6.45, 7) is 2.22. The van der Waals surface area contributed by atoms with Crippen molar-refractivity contribution in [2.45, 2.75) is 0 Å². The lowest BCUT2D eigenvalue weighted by Crippen LogP contribution is -2.20. The van der Waals surface area contributed by atoms with E-state index < -0.39 is 7.92 Å². The first-order valence-electron chi connectivity index (χ1n) is 8.26. The molecule has 0 aliphatic heterocycles. The van der Waals surface area contributed by atoms with Crippen LogP contribution in [0.3, 0.4) is 0 Å². The zero-order valence-electron chi connectivity index (χ0n) is 14.8. The third kappa shape index (κ3) is 4.62. The number of anilines is 2. The predicted octanol–water partition coefficient (Wildman–Crippen LogP) is 4.40. The Kier molecular flexibility index (Phi) is 5.88. The van der Waals surface area contributed by atoms with E-state index in [0.29, 0.717) is 11.4 Å². The monoisotopic (exact) mass is 364 g/mol. The van der Waals surface area contributed by atoms with Gasteiger partial charge >= 0.3 is 6.03 Å². The van der Waals surface area contributed by atoms with E-state index in [4.69, 9.17) is 4.74 Å². The number of carbonyl (C=O) groups is 1. The summed E-state index contributed by atoms with van der Waals surface area (Å²) < 4.78 is 5.17. The number of ether oxygens (including phenoxy) is 1. The number of benzene rings is 3. The highest BCUT2D eigenvalue weighted by molar-refractivity contribution is 7.72. The zero-order chi connectivity index (χ0) is 18.4. The fourth-order valence-electron chi connectivity index (χ4n) is 2.59. The molecular weight excluding hydrogens is 343 g/mol. The number of methoxy groups -OCH3 is 1. The predicted molar refractivity (Wildman–Crippen MR) is 111 cm³/mol. The van der Waals surface area contributed by atoms with Gasteiger partial charge in [0.1, 0.15) is 5.75 Å². The molecule has 3 aromatic rings. The average molecular weight is 364 g/mol. The van der Waals surface area contributed by atoms with Gasteiger partial charge in [-0.25, -0.2) is 4.79 Å². The molecule has 0 aromatic heterocycles. The molecule has 1 unspecified atom stereocenters. The minimum Gasteiger partial charge on any atom is -0.497 e. The summed E-state index contributed by atoms with van der Waals surface area (Å²) in [6.07, 6.45) is 0. The SMILES string of the molecule is COc1cccc(NC(=O)Nc2cccc(P(C)c3ccccc3)c2)c1. The Morgan fingerprint density at radius 1 is 0.808 bits per heavy atom. The fraction of sp³-hybridized carbons (Fsp3) is 0.0952. The van der Waals surface area contributed by atoms with Crippen LogP contribution in [-0.4, -0.2) is 19.8 Å². The number of hydrogen-bond donors (Lipinski definition) is 2. The van der Waals surface area contributed by atoms with Crippen molar-refractivity contribution in [2.24, 2.45) is 0 Å². The molecule has 0 fully saturated rings. The summed E-state index contributed by atoms with van der Waals surface area (Å²) in [5.41, 5.74) is 1.45. The number of hydrogen-bond acceptors (Lipinski definition) is 2. The molecule has 0 spiro atoms. The summed E-state index contributed by atoms with van der Waals surface area (Å²) >= 11 is 0. The average Bonchev–Trinajstić information content (AvgIpc) is 2.68. The van der Waals surface area contributed by atoms with Gasteiger partial charge < -0.3 is 15.4 Å². The maximum atomic E-state index is 12.3. The summed E-state index contributed by atoms with van der Waals surface area (Å²) in [7, 11) is 1.14. The first-order chi connectivity index (χ1) is 12.7. The van der Waals surface area contributed by atoms with Gasteiger partial charge in [-0.15, -0.1) is 0 Å². The lowest BCUT2D eigenvalue weighted by Gasteiger charge is -2.15. The first-order valence-corrected chi connectivity index (χ1v) is 10.1. The molecule has 0 radical (unpaired) electrons. The Morgan fingerprint density at radius 3 is 2.12 bits per heavy atom. The second kappa shape index (κ2) is 8.50. The molecule has 132 valence electrons. The van der Waals surface area contributed by atoms with Crippen molar-refractivity contribution < 1.29 is 9.53 Å². The fourth-order valence-corrected chi connectivity index (χ4v) is 4.15. The molecule has 0 saturated heterocycles. The molecule has 0 bridgehead atoms. The van der Waals surface area contributed by atoms with Crippen LogP contribution in [0.15, 0.2) is 78.9 Å². The van der Waals surface area contributed by atoms with E-state index in [9.17, 15) is 4.79 Å². The van der Waals surface area contributed by atoms with E-state index in [1.165, 1.54) is 10.6 Å². The normalized spacial score (nSPS) is 11.5. The smallest absolute Gasteiger partial charge is 0.323 e. The number of rotatable bonds is 5. The zero-order valence-corrected chi connectivity index (χ0v) is 15.7. The molecule has 2 amide bonds. The van der Waals surface area contributed by atoms with E-state index in [0.717, 1.165) is 5.69 Å². The summed E-state index contributed by atoms with van der Waals surface area (Å²) in [5, 5.41) is 8.23. The molecule has 4 nitrogen and oxygen atoms in total. The van der Waals surface area contributed by atoms with Gasteiger partial charge in [0.25, 0.3) is 0 Å². The molecule has 5 heteroatoms. The van der Waals surface area contributed by atoms with Crippen LogP contribution >= 0.6 is 7.92 Å². The van der Waals surface area contributed by atoms with Crippen molar-refractivity contribution >= 4 is 35.9 Å². The van der Waals surface area contributed by atoms with Crippen molar-refractivity contribution in [1.82, 2.24) is 0 Å². The molecule has 1 atom stereocenters. The van der Waals surface area contributed by atoms with Crippen molar-refractivity contribution in [3.05, 3.63) is 78.9 Å². The van der Waals surface area contributed by atoms with Gasteiger partial charge in [0, 0.05) is 17.4 Å². The van der Waals surface area contributed by atoms with E-state index >= 15 is 0 Å². The standard InChI is InChI=1S/C21H21N2O2P/c1-25-18-10-6-8-16(14-18)22-21(24)23-17-9-7-13-20(15-17)26(2)19-11-4-3-5-12-19/h3-15H,1-2H3,(H2,22,23,24). The highest BCUT2D eigenvalue weighted by atomic mass is 31.1. The molecule has 26 heavy (non-hydrogen) atoms. The molecule has 0 aliphatic carbocycles. The van der Waals surface area contributed by atoms with Gasteiger partial charge in [-0.3, -0.25) is 0 Å². The van der Waals surface area contributed by atoms with E-state index in [-0.39, 0.29) is 6.03 Å². The largest absolute Gasteiger partial charge is 0.497 e. The van der Waals surface area contributed by atoms with Crippen molar-refractivity contribution in [3.63, 3.8) is 0 Å². The minimum absolute atomic E-state index is 0.282. The van der Waals surface area contributed by atoms with Gasteiger partial charge in [0.15, 0.2) is 0 Å². The number of nitrogens with one attached hydrogen (secondary N) is 2. The molecule has 3 rings (SSSR count). The molecule has 3 aromatic carbocycles. The minimum atomic E-state index is -0.455. The lowest BCUT2D eigenvalue weighted by molar-refractivity contribution is 0.262. The Bertz CT molecular complexity index is 884. The Morgan fingerprint density at radius 2 is 1.42 bits per heavy atom. The second-order valence-corrected chi connectivity index (χ2v) is 7.91. The summed E-state index contributed by atoms with van der Waals surface area (Å²) in [4.78, 5) is 12.3. The van der Waals surface area contributed by atoms with Gasteiger partial charge in [0.2, 0.25) is 0 Å². The first kappa shape index (κ1) is 18.0. The summed E-state index contributed by atoms with van der Waals surface area (Å²) in [5.74, 6) is 0.698. The van der Waals surface area contributed by atoms with Crippen LogP contribution in [-0.2, 0) is 0 Å². The Balaban J connectivity index is 1.69. The molecule has 2 N–H and O–H groups in total. The van der Waals surface area contributed by atoms with E-state index in [2.05, 4.69) is 47.6 Å². The lowest BCUT2D eigenvalue weighted by atomic mass is 10.3. The summed E-state index contributed by atoms with van der Waals surface area (Å²) in [6, 6.07) is 25.4. The maximum Gasteiger partial charge on any atom is 0.323 e. The van der Waals surface area contributed by atoms with E-state index in [1.807, 2.05) is 42.5 Å². The van der Waals surface area contributed by atoms with Crippen molar-refractivity contribution in [3.8, 4) is 5.75 Å². The Hall–Kier alpha value is -2.84. The quantitative estimate of drug-likeness (QED) is 0.659. The van der Waals surface area contributed by atoms with Crippen molar-refractivity contribution in [2.75, 3.05) is 24.4 Å². The van der Waals surface area contributed by atoms with Crippen molar-refractivity contribution in [1.29, 1.82) is 0 Å². The van der Waals surface area contributed by atoms with Gasteiger partial charge in [0.05, 0.1) is 7.11 Å². The third-order valence-corrected chi connectivity index (χ3v) is 6.09. The molecular formula is C21H21N2O2P. The number of carbonyl (C=O) groups excluding carboxylic acids is 1. The third-order valence-electron chi connectivity index (χ3n) is 3.96. The second-order valence-electron chi connectivity index (χ2n) is 5.76. The van der Waals surface area contributed by atoms with Crippen LogP contribution in [0, 0.1) is 0 Å². The van der Waals surface area contributed by atoms with Gasteiger partial charge in [-0.2, -0.15) is 0 Å². The highest BCUT2D eigenvalue weighted by Crippen LogP contribution is 2.29. The van der Waals surface area contributed by atoms with Gasteiger partial charge in [-0.1, -0.05) is 48.5 Å². The van der Waals surface area contributed by atoms with Crippen LogP contribution in [0.25, 0.3) is 0 Å². The Labute approximate surface area is 155 Å². The maximum absolute atomic E-state index is 12.3. The van der Waals surface area contributed by atoms with Crippen LogP contribution in [0.2, 0.25) is 0 Å². The topological polar surface area (TPSA) is 50.4 Å². The molecule has 0 heterocycles. The highest BCUT2D eigenvalue weighted by Gasteiger charge is 2.09. The van der Waals surface area contributed by atoms with Crippen LogP contribution in [0.4, 0.5) is 16.2 Å². The van der Waals surface area contributed by atoms with Crippen LogP contribution in [0.5, 0.6) is 5.75 Å². The van der Waals surface area contributed by atoms with Crippen LogP contribution in [0.1, 0.15) is 0 Å². The number of urea groups is 1. The van der Waals surface area contributed by atoms with Crippen LogP contribution < -0.4 is 26.0 Å². The molecule has 0 saturated carbocycles. The molecule has 0 aliphatic rings. The van der Waals surface area contributed by atoms with Gasteiger partial charge in [-0.05, 0) is 49.5 Å². The number of amides is 2. The van der Waals surface area contributed by atoms with E-state index in [1.54, 1.807) is 13.2 Å².